The molecule has 0 spiro atoms. The Morgan fingerprint density at radius 1 is 1.00 bits per heavy atom. The van der Waals surface area contributed by atoms with Crippen molar-refractivity contribution in [1.29, 1.82) is 0 Å². The van der Waals surface area contributed by atoms with Crippen LogP contribution in [0.15, 0.2) is 18.2 Å². The Morgan fingerprint density at radius 2 is 1.62 bits per heavy atom. The van der Waals surface area contributed by atoms with Gasteiger partial charge in [0.15, 0.2) is 0 Å². The number of non-ortho nitro benzene ring substituents is 1. The van der Waals surface area contributed by atoms with Crippen LogP contribution in [-0.2, 0) is 0 Å². The standard InChI is InChI=1S/C12H17N3O9/c16-4-8(11(19)12(20)10(18)5-17)13-7-2-1-6(14(21)22)3-9(7)15(23)24/h1-3,8,10-13,16-20H,4-5H2/t8-,10-,11-,12-/m1/s1. The third-order valence-corrected chi connectivity index (χ3v) is 3.27. The molecule has 1 rings (SSSR count). The molecule has 24 heavy (non-hydrogen) atoms. The lowest BCUT2D eigenvalue weighted by molar-refractivity contribution is -0.393. The number of nitro groups is 2. The number of aliphatic hydroxyl groups excluding tert-OH is 5. The van der Waals surface area contributed by atoms with Gasteiger partial charge in [0.05, 0.1) is 35.2 Å². The van der Waals surface area contributed by atoms with Gasteiger partial charge in [-0.15, -0.1) is 0 Å². The Labute approximate surface area is 134 Å². The van der Waals surface area contributed by atoms with Crippen molar-refractivity contribution in [2.45, 2.75) is 24.4 Å². The zero-order chi connectivity index (χ0) is 18.4. The molecule has 0 aliphatic carbocycles. The van der Waals surface area contributed by atoms with Crippen LogP contribution in [0.1, 0.15) is 0 Å². The molecule has 1 aromatic carbocycles. The molecule has 0 unspecified atom stereocenters. The molecule has 4 atom stereocenters. The van der Waals surface area contributed by atoms with Gasteiger partial charge in [0.2, 0.25) is 0 Å². The summed E-state index contributed by atoms with van der Waals surface area (Å²) in [6.07, 6.45) is -5.31. The van der Waals surface area contributed by atoms with Gasteiger partial charge in [-0.1, -0.05) is 0 Å². The lowest BCUT2D eigenvalue weighted by Crippen LogP contribution is -2.50. The molecule has 0 amide bonds. The maximum absolute atomic E-state index is 11.0. The molecule has 0 radical (unpaired) electrons. The molecule has 0 fully saturated rings. The van der Waals surface area contributed by atoms with Crippen LogP contribution in [0.3, 0.4) is 0 Å². The van der Waals surface area contributed by atoms with Gasteiger partial charge in [0, 0.05) is 6.07 Å². The van der Waals surface area contributed by atoms with Gasteiger partial charge >= 0.3 is 0 Å². The molecule has 0 aliphatic heterocycles. The Bertz CT molecular complexity index is 597. The van der Waals surface area contributed by atoms with Crippen molar-refractivity contribution in [1.82, 2.24) is 0 Å². The highest BCUT2D eigenvalue weighted by molar-refractivity contribution is 5.65. The van der Waals surface area contributed by atoms with Crippen LogP contribution in [0.5, 0.6) is 0 Å². The van der Waals surface area contributed by atoms with Gasteiger partial charge in [-0.2, -0.15) is 0 Å². The van der Waals surface area contributed by atoms with E-state index in [1.165, 1.54) is 0 Å². The van der Waals surface area contributed by atoms with E-state index in [0.29, 0.717) is 6.07 Å². The first kappa shape index (κ1) is 19.7. The third kappa shape index (κ3) is 4.56. The number of hydrogen-bond donors (Lipinski definition) is 6. The number of nitro benzene ring substituents is 2. The van der Waals surface area contributed by atoms with E-state index in [1.807, 2.05) is 0 Å². The van der Waals surface area contributed by atoms with Gasteiger partial charge in [-0.3, -0.25) is 20.2 Å². The molecular formula is C12H17N3O9. The summed E-state index contributed by atoms with van der Waals surface area (Å²) in [5.74, 6) is 0. The Kier molecular flexibility index (Phi) is 6.94. The van der Waals surface area contributed by atoms with Crippen LogP contribution < -0.4 is 5.32 Å². The van der Waals surface area contributed by atoms with E-state index in [1.54, 1.807) is 0 Å². The van der Waals surface area contributed by atoms with Crippen LogP contribution in [0.2, 0.25) is 0 Å². The Balaban J connectivity index is 3.08. The van der Waals surface area contributed by atoms with Gasteiger partial charge in [0.1, 0.15) is 24.0 Å². The van der Waals surface area contributed by atoms with Crippen LogP contribution in [0.4, 0.5) is 17.1 Å². The molecule has 134 valence electrons. The molecule has 0 heterocycles. The number of hydrogen-bond acceptors (Lipinski definition) is 10. The summed E-state index contributed by atoms with van der Waals surface area (Å²) < 4.78 is 0. The van der Waals surface area contributed by atoms with E-state index in [-0.39, 0.29) is 5.69 Å². The summed E-state index contributed by atoms with van der Waals surface area (Å²) in [6.45, 7) is -1.64. The number of anilines is 1. The van der Waals surface area contributed by atoms with E-state index in [0.717, 1.165) is 12.1 Å². The highest BCUT2D eigenvalue weighted by Crippen LogP contribution is 2.30. The molecule has 12 nitrogen and oxygen atoms in total. The van der Waals surface area contributed by atoms with Crippen molar-refractivity contribution in [3.63, 3.8) is 0 Å². The molecular weight excluding hydrogens is 330 g/mol. The van der Waals surface area contributed by atoms with Crippen molar-refractivity contribution in [3.05, 3.63) is 38.4 Å². The quantitative estimate of drug-likeness (QED) is 0.222. The highest BCUT2D eigenvalue weighted by atomic mass is 16.6. The topological polar surface area (TPSA) is 199 Å². The minimum Gasteiger partial charge on any atom is -0.394 e. The molecule has 6 N–H and O–H groups in total. The van der Waals surface area contributed by atoms with Crippen LogP contribution in [0, 0.1) is 20.2 Å². The second-order valence-corrected chi connectivity index (χ2v) is 4.88. The first-order valence-corrected chi connectivity index (χ1v) is 6.68. The highest BCUT2D eigenvalue weighted by Gasteiger charge is 2.32. The van der Waals surface area contributed by atoms with E-state index in [2.05, 4.69) is 5.32 Å². The van der Waals surface area contributed by atoms with Crippen molar-refractivity contribution in [2.24, 2.45) is 0 Å². The smallest absolute Gasteiger partial charge is 0.299 e. The normalized spacial score (nSPS) is 16.0. The average molecular weight is 347 g/mol. The van der Waals surface area contributed by atoms with E-state index in [9.17, 15) is 40.7 Å². The minimum atomic E-state index is -1.84. The minimum absolute atomic E-state index is 0.241. The van der Waals surface area contributed by atoms with E-state index < -0.39 is 58.8 Å². The Morgan fingerprint density at radius 3 is 2.08 bits per heavy atom. The lowest BCUT2D eigenvalue weighted by atomic mass is 10.0. The summed E-state index contributed by atoms with van der Waals surface area (Å²) in [4.78, 5) is 20.0. The third-order valence-electron chi connectivity index (χ3n) is 3.27. The molecule has 0 saturated heterocycles. The summed E-state index contributed by atoms with van der Waals surface area (Å²) in [7, 11) is 0. The summed E-state index contributed by atoms with van der Waals surface area (Å²) in [5, 5.41) is 70.9. The maximum atomic E-state index is 11.0. The van der Waals surface area contributed by atoms with Crippen molar-refractivity contribution in [3.8, 4) is 0 Å². The first-order valence-electron chi connectivity index (χ1n) is 6.68. The average Bonchev–Trinajstić information content (AvgIpc) is 2.57. The molecule has 0 saturated carbocycles. The number of rotatable bonds is 9. The molecule has 12 heteroatoms. The van der Waals surface area contributed by atoms with Gasteiger partial charge < -0.3 is 30.8 Å². The molecule has 0 aromatic heterocycles. The van der Waals surface area contributed by atoms with E-state index in [4.69, 9.17) is 5.11 Å². The Hall–Kier alpha value is -2.38. The van der Waals surface area contributed by atoms with Crippen molar-refractivity contribution < 1.29 is 35.4 Å². The summed E-state index contributed by atoms with van der Waals surface area (Å²) in [5.41, 5.74) is -1.44. The van der Waals surface area contributed by atoms with Crippen LogP contribution in [0.25, 0.3) is 0 Å². The number of nitrogens with one attached hydrogen (secondary N) is 1. The van der Waals surface area contributed by atoms with E-state index >= 15 is 0 Å². The van der Waals surface area contributed by atoms with Crippen molar-refractivity contribution in [2.75, 3.05) is 18.5 Å². The lowest BCUT2D eigenvalue weighted by Gasteiger charge is -2.28. The van der Waals surface area contributed by atoms with Crippen LogP contribution >= 0.6 is 0 Å². The maximum Gasteiger partial charge on any atom is 0.299 e. The zero-order valence-electron chi connectivity index (χ0n) is 12.2. The van der Waals surface area contributed by atoms with Crippen molar-refractivity contribution >= 4 is 17.1 Å². The second-order valence-electron chi connectivity index (χ2n) is 4.88. The summed E-state index contributed by atoms with van der Waals surface area (Å²) in [6, 6.07) is 1.35. The van der Waals surface area contributed by atoms with Gasteiger partial charge in [-0.05, 0) is 6.07 Å². The predicted molar refractivity (Wildman–Crippen MR) is 79.4 cm³/mol. The number of benzene rings is 1. The predicted octanol–water partition coefficient (Wildman–Crippen LogP) is -1.65. The van der Waals surface area contributed by atoms with Gasteiger partial charge in [-0.25, -0.2) is 0 Å². The summed E-state index contributed by atoms with van der Waals surface area (Å²) >= 11 is 0. The number of nitrogens with zero attached hydrogens (tertiary/aromatic N) is 2. The SMILES string of the molecule is O=[N+]([O-])c1ccc(N[C@H](CO)[C@@H](O)[C@H](O)[C@H](O)CO)c([N+](=O)[O-])c1. The second kappa shape index (κ2) is 8.47. The largest absolute Gasteiger partial charge is 0.394 e. The zero-order valence-corrected chi connectivity index (χ0v) is 12.2. The molecule has 0 bridgehead atoms. The molecule has 1 aromatic rings. The fourth-order valence-corrected chi connectivity index (χ4v) is 1.92. The first-order chi connectivity index (χ1) is 11.2. The van der Waals surface area contributed by atoms with Gasteiger partial charge in [0.25, 0.3) is 11.4 Å². The van der Waals surface area contributed by atoms with Crippen LogP contribution in [-0.4, -0.2) is 72.9 Å². The number of aliphatic hydroxyl groups is 5. The molecule has 0 aliphatic rings. The monoisotopic (exact) mass is 347 g/mol. The fourth-order valence-electron chi connectivity index (χ4n) is 1.92. The fraction of sp³-hybridized carbons (Fsp3) is 0.500.